The molecule has 0 spiro atoms. The van der Waals surface area contributed by atoms with E-state index in [0.717, 1.165) is 11.3 Å². The largest absolute Gasteiger partial charge is 0.496 e. The van der Waals surface area contributed by atoms with Gasteiger partial charge >= 0.3 is 0 Å². The van der Waals surface area contributed by atoms with Gasteiger partial charge in [-0.2, -0.15) is 0 Å². The summed E-state index contributed by atoms with van der Waals surface area (Å²) >= 11 is 0. The Hall–Kier alpha value is -1.06. The highest BCUT2D eigenvalue weighted by molar-refractivity contribution is 5.43. The van der Waals surface area contributed by atoms with Crippen LogP contribution in [0.3, 0.4) is 0 Å². The molecule has 3 nitrogen and oxygen atoms in total. The minimum atomic E-state index is -0.177. The highest BCUT2D eigenvalue weighted by atomic mass is 16.5. The molecule has 0 bridgehead atoms. The predicted molar refractivity (Wildman–Crippen MR) is 58.5 cm³/mol. The number of hydrogen-bond acceptors (Lipinski definition) is 3. The molecular formula is C11H18N2O. The number of aryl methyl sites for hydroxylation is 2. The number of nitrogens with one attached hydrogen (secondary N) is 1. The molecule has 3 N–H and O–H groups in total. The van der Waals surface area contributed by atoms with E-state index in [0.29, 0.717) is 0 Å². The Kier molecular flexibility index (Phi) is 3.49. The summed E-state index contributed by atoms with van der Waals surface area (Å²) in [4.78, 5) is 0. The molecule has 14 heavy (non-hydrogen) atoms. The number of nitrogens with two attached hydrogens (primary N) is 1. The fraction of sp³-hybridized carbons (Fsp3) is 0.455. The first-order valence-electron chi connectivity index (χ1n) is 4.68. The van der Waals surface area contributed by atoms with Crippen molar-refractivity contribution in [3.63, 3.8) is 0 Å². The second-order valence-electron chi connectivity index (χ2n) is 3.44. The fourth-order valence-corrected chi connectivity index (χ4v) is 1.39. The summed E-state index contributed by atoms with van der Waals surface area (Å²) in [6, 6.07) is 4.08. The van der Waals surface area contributed by atoms with Gasteiger partial charge in [0.15, 0.2) is 0 Å². The van der Waals surface area contributed by atoms with E-state index in [-0.39, 0.29) is 6.17 Å². The van der Waals surface area contributed by atoms with E-state index in [9.17, 15) is 0 Å². The van der Waals surface area contributed by atoms with Crippen molar-refractivity contribution in [2.75, 3.05) is 14.2 Å². The third-order valence-corrected chi connectivity index (χ3v) is 2.49. The average Bonchev–Trinajstić information content (AvgIpc) is 2.20. The van der Waals surface area contributed by atoms with Gasteiger partial charge in [0.1, 0.15) is 5.75 Å². The predicted octanol–water partition coefficient (Wildman–Crippen LogP) is 1.49. The summed E-state index contributed by atoms with van der Waals surface area (Å²) < 4.78 is 5.28. The molecule has 0 aliphatic rings. The third-order valence-electron chi connectivity index (χ3n) is 2.49. The van der Waals surface area contributed by atoms with Crippen molar-refractivity contribution in [3.05, 3.63) is 28.8 Å². The molecule has 3 heteroatoms. The van der Waals surface area contributed by atoms with Crippen LogP contribution in [0.15, 0.2) is 12.1 Å². The number of benzene rings is 1. The molecule has 1 unspecified atom stereocenters. The molecule has 0 heterocycles. The van der Waals surface area contributed by atoms with Gasteiger partial charge in [-0.25, -0.2) is 0 Å². The van der Waals surface area contributed by atoms with Crippen LogP contribution in [0.4, 0.5) is 0 Å². The van der Waals surface area contributed by atoms with E-state index >= 15 is 0 Å². The highest BCUT2D eigenvalue weighted by Crippen LogP contribution is 2.26. The Morgan fingerprint density at radius 2 is 1.86 bits per heavy atom. The van der Waals surface area contributed by atoms with Crippen molar-refractivity contribution < 1.29 is 4.74 Å². The van der Waals surface area contributed by atoms with Crippen molar-refractivity contribution in [2.24, 2.45) is 5.73 Å². The van der Waals surface area contributed by atoms with E-state index in [4.69, 9.17) is 10.5 Å². The second kappa shape index (κ2) is 4.44. The fourth-order valence-electron chi connectivity index (χ4n) is 1.39. The normalized spacial score (nSPS) is 12.6. The second-order valence-corrected chi connectivity index (χ2v) is 3.44. The van der Waals surface area contributed by atoms with Crippen LogP contribution in [-0.4, -0.2) is 14.2 Å². The molecule has 78 valence electrons. The monoisotopic (exact) mass is 194 g/mol. The zero-order valence-electron chi connectivity index (χ0n) is 9.22. The summed E-state index contributed by atoms with van der Waals surface area (Å²) in [5.74, 6) is 0.843. The van der Waals surface area contributed by atoms with E-state index in [1.54, 1.807) is 7.11 Å². The molecule has 1 aromatic carbocycles. The lowest BCUT2D eigenvalue weighted by atomic mass is 10.0. The molecule has 0 radical (unpaired) electrons. The van der Waals surface area contributed by atoms with E-state index in [1.165, 1.54) is 11.1 Å². The van der Waals surface area contributed by atoms with Crippen molar-refractivity contribution >= 4 is 0 Å². The minimum absolute atomic E-state index is 0.177. The van der Waals surface area contributed by atoms with Crippen LogP contribution in [0, 0.1) is 13.8 Å². The Balaban J connectivity index is 3.19. The van der Waals surface area contributed by atoms with Gasteiger partial charge in [0, 0.05) is 5.56 Å². The molecule has 1 rings (SSSR count). The number of methoxy groups -OCH3 is 1. The van der Waals surface area contributed by atoms with E-state index in [2.05, 4.69) is 25.2 Å². The maximum absolute atomic E-state index is 5.90. The van der Waals surface area contributed by atoms with Gasteiger partial charge in [0.2, 0.25) is 0 Å². The van der Waals surface area contributed by atoms with Crippen molar-refractivity contribution in [2.45, 2.75) is 20.0 Å². The Morgan fingerprint density at radius 1 is 1.29 bits per heavy atom. The lowest BCUT2D eigenvalue weighted by Crippen LogP contribution is -2.25. The van der Waals surface area contributed by atoms with E-state index < -0.39 is 0 Å². The maximum atomic E-state index is 5.90. The van der Waals surface area contributed by atoms with Crippen molar-refractivity contribution in [1.29, 1.82) is 0 Å². The van der Waals surface area contributed by atoms with Gasteiger partial charge in [0.05, 0.1) is 13.3 Å². The molecule has 0 aliphatic carbocycles. The molecule has 0 fully saturated rings. The molecule has 0 saturated heterocycles. The zero-order chi connectivity index (χ0) is 10.7. The first-order chi connectivity index (χ1) is 6.60. The van der Waals surface area contributed by atoms with Crippen molar-refractivity contribution in [1.82, 2.24) is 5.32 Å². The van der Waals surface area contributed by atoms with Crippen LogP contribution < -0.4 is 15.8 Å². The Labute approximate surface area is 85.3 Å². The Bertz CT molecular complexity index is 323. The van der Waals surface area contributed by atoms with Crippen LogP contribution in [-0.2, 0) is 0 Å². The van der Waals surface area contributed by atoms with Gasteiger partial charge in [-0.15, -0.1) is 0 Å². The summed E-state index contributed by atoms with van der Waals surface area (Å²) in [5, 5.41) is 3.00. The van der Waals surface area contributed by atoms with Crippen LogP contribution in [0.2, 0.25) is 0 Å². The molecule has 0 saturated carbocycles. The first kappa shape index (κ1) is 11.0. The highest BCUT2D eigenvalue weighted by Gasteiger charge is 2.11. The molecule has 0 aliphatic heterocycles. The molecule has 1 atom stereocenters. The SMILES string of the molecule is CNC(N)c1cc(C)c(C)cc1OC. The quantitative estimate of drug-likeness (QED) is 0.717. The van der Waals surface area contributed by atoms with Crippen LogP contribution >= 0.6 is 0 Å². The third kappa shape index (κ3) is 2.05. The molecular weight excluding hydrogens is 176 g/mol. The minimum Gasteiger partial charge on any atom is -0.496 e. The lowest BCUT2D eigenvalue weighted by Gasteiger charge is -2.16. The lowest BCUT2D eigenvalue weighted by molar-refractivity contribution is 0.402. The zero-order valence-corrected chi connectivity index (χ0v) is 9.22. The maximum Gasteiger partial charge on any atom is 0.125 e. The van der Waals surface area contributed by atoms with Crippen LogP contribution in [0.25, 0.3) is 0 Å². The summed E-state index contributed by atoms with van der Waals surface area (Å²) in [6.07, 6.45) is -0.177. The summed E-state index contributed by atoms with van der Waals surface area (Å²) in [5.41, 5.74) is 9.34. The first-order valence-corrected chi connectivity index (χ1v) is 4.68. The number of rotatable bonds is 3. The van der Waals surface area contributed by atoms with Crippen LogP contribution in [0.1, 0.15) is 22.9 Å². The molecule has 0 amide bonds. The van der Waals surface area contributed by atoms with Crippen molar-refractivity contribution in [3.8, 4) is 5.75 Å². The van der Waals surface area contributed by atoms with Gasteiger partial charge in [-0.3, -0.25) is 0 Å². The number of ether oxygens (including phenoxy) is 1. The summed E-state index contributed by atoms with van der Waals surface area (Å²) in [6.45, 7) is 4.13. The Morgan fingerprint density at radius 3 is 2.36 bits per heavy atom. The van der Waals surface area contributed by atoms with E-state index in [1.807, 2.05) is 13.1 Å². The van der Waals surface area contributed by atoms with Gasteiger partial charge < -0.3 is 15.8 Å². The molecule has 0 aromatic heterocycles. The number of hydrogen-bond donors (Lipinski definition) is 2. The standard InChI is InChI=1S/C11H18N2O/c1-7-5-9(11(12)13-3)10(14-4)6-8(7)2/h5-6,11,13H,12H2,1-4H3. The van der Waals surface area contributed by atoms with Crippen LogP contribution in [0.5, 0.6) is 5.75 Å². The average molecular weight is 194 g/mol. The molecule has 1 aromatic rings. The van der Waals surface area contributed by atoms with Gasteiger partial charge in [0.25, 0.3) is 0 Å². The smallest absolute Gasteiger partial charge is 0.125 e. The topological polar surface area (TPSA) is 47.3 Å². The van der Waals surface area contributed by atoms with Gasteiger partial charge in [-0.1, -0.05) is 0 Å². The van der Waals surface area contributed by atoms with Gasteiger partial charge in [-0.05, 0) is 44.2 Å². The summed E-state index contributed by atoms with van der Waals surface area (Å²) in [7, 11) is 3.50.